The van der Waals surface area contributed by atoms with Gasteiger partial charge in [-0.25, -0.2) is 0 Å². The van der Waals surface area contributed by atoms with Crippen LogP contribution < -0.4 is 5.32 Å². The van der Waals surface area contributed by atoms with E-state index in [2.05, 4.69) is 40.9 Å². The number of rotatable bonds is 6. The first-order valence-corrected chi connectivity index (χ1v) is 7.09. The number of aryl methyl sites for hydroxylation is 1. The van der Waals surface area contributed by atoms with Crippen LogP contribution in [0.3, 0.4) is 0 Å². The number of aromatic nitrogens is 2. The summed E-state index contributed by atoms with van der Waals surface area (Å²) in [6.07, 6.45) is 7.80. The molecule has 1 aromatic carbocycles. The molecule has 0 saturated heterocycles. The van der Waals surface area contributed by atoms with Crippen LogP contribution in [0.4, 0.5) is 0 Å². The number of hydrogen-bond acceptors (Lipinski definition) is 2. The van der Waals surface area contributed by atoms with Crippen LogP contribution >= 0.6 is 0 Å². The van der Waals surface area contributed by atoms with Crippen LogP contribution in [0.1, 0.15) is 35.4 Å². The predicted molar refractivity (Wildman–Crippen MR) is 77.0 cm³/mol. The molecule has 1 aromatic heterocycles. The predicted octanol–water partition coefficient (Wildman–Crippen LogP) is 2.63. The Kier molecular flexibility index (Phi) is 3.65. The van der Waals surface area contributed by atoms with E-state index in [9.17, 15) is 0 Å². The lowest BCUT2D eigenvalue weighted by Gasteiger charge is -2.09. The molecule has 1 heterocycles. The summed E-state index contributed by atoms with van der Waals surface area (Å²) >= 11 is 0. The zero-order chi connectivity index (χ0) is 13.1. The molecule has 0 spiro atoms. The molecule has 0 atom stereocenters. The highest BCUT2D eigenvalue weighted by Crippen LogP contribution is 2.41. The number of nitrogens with zero attached hydrogens (tertiary/aromatic N) is 2. The molecule has 0 bridgehead atoms. The van der Waals surface area contributed by atoms with Crippen LogP contribution in [0.2, 0.25) is 0 Å². The van der Waals surface area contributed by atoms with Gasteiger partial charge in [0.05, 0.1) is 6.20 Å². The Hall–Kier alpha value is -1.61. The monoisotopic (exact) mass is 255 g/mol. The highest BCUT2D eigenvalue weighted by Gasteiger charge is 2.25. The van der Waals surface area contributed by atoms with Crippen LogP contribution in [-0.4, -0.2) is 16.3 Å². The first-order chi connectivity index (χ1) is 9.33. The maximum atomic E-state index is 4.19. The van der Waals surface area contributed by atoms with Gasteiger partial charge in [0.2, 0.25) is 0 Å². The molecule has 2 aromatic rings. The Morgan fingerprint density at radius 2 is 2.16 bits per heavy atom. The standard InChI is InChI=1S/C16H21N3/c1-19-12-13(10-18-19)8-9-17-11-15-4-2-3-5-16(15)14-6-7-14/h2-5,10,12,14,17H,6-9,11H2,1H3. The molecule has 0 aliphatic heterocycles. The molecule has 1 fully saturated rings. The zero-order valence-corrected chi connectivity index (χ0v) is 11.5. The van der Waals surface area contributed by atoms with Gasteiger partial charge in [0, 0.05) is 19.8 Å². The van der Waals surface area contributed by atoms with Gasteiger partial charge in [-0.1, -0.05) is 24.3 Å². The van der Waals surface area contributed by atoms with Gasteiger partial charge < -0.3 is 5.32 Å². The molecule has 3 nitrogen and oxygen atoms in total. The average molecular weight is 255 g/mol. The molecular formula is C16H21N3. The lowest BCUT2D eigenvalue weighted by atomic mass is 10.0. The van der Waals surface area contributed by atoms with Gasteiger partial charge in [-0.2, -0.15) is 5.10 Å². The normalized spacial score (nSPS) is 14.8. The fourth-order valence-electron chi connectivity index (χ4n) is 2.54. The molecule has 1 N–H and O–H groups in total. The minimum Gasteiger partial charge on any atom is -0.312 e. The molecule has 19 heavy (non-hydrogen) atoms. The number of hydrogen-bond donors (Lipinski definition) is 1. The Morgan fingerprint density at radius 1 is 1.32 bits per heavy atom. The Balaban J connectivity index is 1.49. The van der Waals surface area contributed by atoms with E-state index >= 15 is 0 Å². The van der Waals surface area contributed by atoms with Crippen LogP contribution in [-0.2, 0) is 20.0 Å². The molecule has 3 rings (SSSR count). The lowest BCUT2D eigenvalue weighted by Crippen LogP contribution is -2.17. The van der Waals surface area contributed by atoms with E-state index < -0.39 is 0 Å². The van der Waals surface area contributed by atoms with Gasteiger partial charge in [0.15, 0.2) is 0 Å². The average Bonchev–Trinajstić information content (AvgIpc) is 3.19. The van der Waals surface area contributed by atoms with E-state index in [1.54, 1.807) is 5.56 Å². The van der Waals surface area contributed by atoms with Gasteiger partial charge in [0.1, 0.15) is 0 Å². The summed E-state index contributed by atoms with van der Waals surface area (Å²) in [7, 11) is 1.96. The topological polar surface area (TPSA) is 29.9 Å². The van der Waals surface area contributed by atoms with E-state index in [4.69, 9.17) is 0 Å². The first-order valence-electron chi connectivity index (χ1n) is 7.09. The quantitative estimate of drug-likeness (QED) is 0.804. The second kappa shape index (κ2) is 5.57. The van der Waals surface area contributed by atoms with Crippen molar-refractivity contribution in [2.24, 2.45) is 7.05 Å². The second-order valence-corrected chi connectivity index (χ2v) is 5.42. The van der Waals surface area contributed by atoms with E-state index in [-0.39, 0.29) is 0 Å². The molecule has 0 radical (unpaired) electrons. The van der Waals surface area contributed by atoms with Gasteiger partial charge in [-0.05, 0) is 48.4 Å². The van der Waals surface area contributed by atoms with E-state index in [1.165, 1.54) is 24.0 Å². The number of nitrogens with one attached hydrogen (secondary N) is 1. The summed E-state index contributed by atoms with van der Waals surface area (Å²) in [6, 6.07) is 8.84. The third-order valence-electron chi connectivity index (χ3n) is 3.74. The van der Waals surface area contributed by atoms with Crippen molar-refractivity contribution in [1.82, 2.24) is 15.1 Å². The first kappa shape index (κ1) is 12.4. The summed E-state index contributed by atoms with van der Waals surface area (Å²) in [6.45, 7) is 1.98. The summed E-state index contributed by atoms with van der Waals surface area (Å²) in [5.41, 5.74) is 4.32. The Morgan fingerprint density at radius 3 is 2.89 bits per heavy atom. The van der Waals surface area contributed by atoms with Crippen molar-refractivity contribution in [2.45, 2.75) is 31.7 Å². The highest BCUT2D eigenvalue weighted by atomic mass is 15.2. The van der Waals surface area contributed by atoms with E-state index in [0.717, 1.165) is 25.4 Å². The minimum atomic E-state index is 0.830. The molecule has 100 valence electrons. The van der Waals surface area contributed by atoms with Crippen LogP contribution in [0.5, 0.6) is 0 Å². The largest absolute Gasteiger partial charge is 0.312 e. The molecule has 0 amide bonds. The van der Waals surface area contributed by atoms with Crippen molar-refractivity contribution in [3.05, 3.63) is 53.3 Å². The van der Waals surface area contributed by atoms with Crippen LogP contribution in [0.15, 0.2) is 36.7 Å². The molecule has 1 aliphatic rings. The SMILES string of the molecule is Cn1cc(CCNCc2ccccc2C2CC2)cn1. The van der Waals surface area contributed by atoms with Gasteiger partial charge in [-0.15, -0.1) is 0 Å². The summed E-state index contributed by atoms with van der Waals surface area (Å²) in [4.78, 5) is 0. The van der Waals surface area contributed by atoms with Crippen LogP contribution in [0.25, 0.3) is 0 Å². The summed E-state index contributed by atoms with van der Waals surface area (Å²) < 4.78 is 1.86. The van der Waals surface area contributed by atoms with Gasteiger partial charge in [0.25, 0.3) is 0 Å². The van der Waals surface area contributed by atoms with Crippen molar-refractivity contribution in [3.63, 3.8) is 0 Å². The molecule has 1 aliphatic carbocycles. The smallest absolute Gasteiger partial charge is 0.0522 e. The molecule has 1 saturated carbocycles. The molecule has 0 unspecified atom stereocenters. The second-order valence-electron chi connectivity index (χ2n) is 5.42. The lowest BCUT2D eigenvalue weighted by molar-refractivity contribution is 0.681. The summed E-state index contributed by atoms with van der Waals surface area (Å²) in [5, 5.41) is 7.73. The van der Waals surface area contributed by atoms with E-state index in [0.29, 0.717) is 0 Å². The zero-order valence-electron chi connectivity index (χ0n) is 11.5. The fourth-order valence-corrected chi connectivity index (χ4v) is 2.54. The maximum Gasteiger partial charge on any atom is 0.0522 e. The third kappa shape index (κ3) is 3.24. The van der Waals surface area contributed by atoms with Gasteiger partial charge >= 0.3 is 0 Å². The minimum absolute atomic E-state index is 0.830. The van der Waals surface area contributed by atoms with Crippen molar-refractivity contribution < 1.29 is 0 Å². The third-order valence-corrected chi connectivity index (χ3v) is 3.74. The van der Waals surface area contributed by atoms with Crippen LogP contribution in [0, 0.1) is 0 Å². The van der Waals surface area contributed by atoms with Crippen molar-refractivity contribution in [3.8, 4) is 0 Å². The fraction of sp³-hybridized carbons (Fsp3) is 0.438. The Labute approximate surface area is 114 Å². The molecular weight excluding hydrogens is 234 g/mol. The van der Waals surface area contributed by atoms with Crippen molar-refractivity contribution >= 4 is 0 Å². The maximum absolute atomic E-state index is 4.19. The number of benzene rings is 1. The molecule has 3 heteroatoms. The Bertz CT molecular complexity index is 540. The van der Waals surface area contributed by atoms with Crippen molar-refractivity contribution in [1.29, 1.82) is 0 Å². The van der Waals surface area contributed by atoms with Gasteiger partial charge in [-0.3, -0.25) is 4.68 Å². The highest BCUT2D eigenvalue weighted by molar-refractivity contribution is 5.33. The van der Waals surface area contributed by atoms with Crippen molar-refractivity contribution in [2.75, 3.05) is 6.54 Å². The summed E-state index contributed by atoms with van der Waals surface area (Å²) in [5.74, 6) is 0.830. The van der Waals surface area contributed by atoms with E-state index in [1.807, 2.05) is 17.9 Å².